The Labute approximate surface area is 125 Å². The van der Waals surface area contributed by atoms with Crippen molar-refractivity contribution < 1.29 is 14.3 Å². The van der Waals surface area contributed by atoms with Crippen LogP contribution < -0.4 is 21.1 Å². The summed E-state index contributed by atoms with van der Waals surface area (Å²) in [5, 5.41) is 5.27. The zero-order chi connectivity index (χ0) is 15.8. The summed E-state index contributed by atoms with van der Waals surface area (Å²) in [6.45, 7) is 4.10. The molecular formula is C15H23N3O3. The molecule has 1 aromatic carbocycles. The highest BCUT2D eigenvalue weighted by Crippen LogP contribution is 2.16. The molecule has 0 saturated carbocycles. The third-order valence-electron chi connectivity index (χ3n) is 3.02. The Balaban J connectivity index is 2.47. The second kappa shape index (κ2) is 8.26. The number of hydrogen-bond donors (Lipinski definition) is 3. The molecule has 0 aliphatic rings. The molecule has 0 fully saturated rings. The summed E-state index contributed by atoms with van der Waals surface area (Å²) >= 11 is 0. The maximum absolute atomic E-state index is 11.8. The summed E-state index contributed by atoms with van der Waals surface area (Å²) in [5.41, 5.74) is 6.43. The van der Waals surface area contributed by atoms with Crippen LogP contribution in [-0.4, -0.2) is 31.5 Å². The lowest BCUT2D eigenvalue weighted by atomic mass is 10.1. The first-order chi connectivity index (χ1) is 9.93. The van der Waals surface area contributed by atoms with Crippen LogP contribution in [0, 0.1) is 5.92 Å². The Morgan fingerprint density at radius 1 is 1.24 bits per heavy atom. The summed E-state index contributed by atoms with van der Waals surface area (Å²) < 4.78 is 5.43. The Hall–Kier alpha value is -2.08. The molecule has 2 amide bonds. The third kappa shape index (κ3) is 5.83. The molecule has 116 valence electrons. The fraction of sp³-hybridized carbons (Fsp3) is 0.467. The molecular weight excluding hydrogens is 270 g/mol. The molecule has 1 aromatic rings. The second-order valence-electron chi connectivity index (χ2n) is 5.06. The predicted molar refractivity (Wildman–Crippen MR) is 82.1 cm³/mol. The predicted octanol–water partition coefficient (Wildman–Crippen LogP) is 1.12. The van der Waals surface area contributed by atoms with E-state index in [0.717, 1.165) is 0 Å². The van der Waals surface area contributed by atoms with E-state index in [9.17, 15) is 9.59 Å². The molecule has 0 aliphatic heterocycles. The van der Waals surface area contributed by atoms with Crippen molar-refractivity contribution in [3.63, 3.8) is 0 Å². The number of amides is 2. The normalized spacial score (nSPS) is 11.9. The zero-order valence-corrected chi connectivity index (χ0v) is 12.7. The van der Waals surface area contributed by atoms with Gasteiger partial charge in [-0.2, -0.15) is 0 Å². The van der Waals surface area contributed by atoms with Gasteiger partial charge in [0.1, 0.15) is 5.75 Å². The number of carbonyl (C=O) groups excluding carboxylic acids is 2. The number of carbonyl (C=O) groups is 2. The molecule has 0 heterocycles. The monoisotopic (exact) mass is 293 g/mol. The standard InChI is InChI=1S/C15H23N3O3/c1-10(2)14(16)15(20)18-11-4-6-12(7-5-11)21-9-8-13(19)17-3/h4-7,10,14H,8-9,16H2,1-3H3,(H,17,19)(H,18,20)/t14-/m0/s1. The fourth-order valence-electron chi connectivity index (χ4n) is 1.55. The van der Waals surface area contributed by atoms with Crippen LogP contribution in [-0.2, 0) is 9.59 Å². The van der Waals surface area contributed by atoms with E-state index in [1.165, 1.54) is 0 Å². The topological polar surface area (TPSA) is 93.5 Å². The van der Waals surface area contributed by atoms with Crippen LogP contribution in [0.15, 0.2) is 24.3 Å². The quantitative estimate of drug-likeness (QED) is 0.702. The smallest absolute Gasteiger partial charge is 0.241 e. The molecule has 0 bridgehead atoms. The molecule has 0 saturated heterocycles. The number of benzene rings is 1. The van der Waals surface area contributed by atoms with Gasteiger partial charge in [0.05, 0.1) is 19.1 Å². The van der Waals surface area contributed by atoms with E-state index in [2.05, 4.69) is 10.6 Å². The largest absolute Gasteiger partial charge is 0.493 e. The summed E-state index contributed by atoms with van der Waals surface area (Å²) in [6.07, 6.45) is 0.304. The SMILES string of the molecule is CNC(=O)CCOc1ccc(NC(=O)[C@@H](N)C(C)C)cc1. The summed E-state index contributed by atoms with van der Waals surface area (Å²) in [5.74, 6) is 0.447. The minimum absolute atomic E-state index is 0.0680. The number of nitrogens with one attached hydrogen (secondary N) is 2. The third-order valence-corrected chi connectivity index (χ3v) is 3.02. The maximum atomic E-state index is 11.8. The summed E-state index contributed by atoms with van der Waals surface area (Å²) in [7, 11) is 1.58. The molecule has 6 heteroatoms. The van der Waals surface area contributed by atoms with Gasteiger partial charge in [-0.3, -0.25) is 9.59 Å². The van der Waals surface area contributed by atoms with E-state index in [0.29, 0.717) is 24.5 Å². The van der Waals surface area contributed by atoms with E-state index in [1.807, 2.05) is 13.8 Å². The highest BCUT2D eigenvalue weighted by molar-refractivity contribution is 5.94. The molecule has 0 aromatic heterocycles. The van der Waals surface area contributed by atoms with Crippen LogP contribution in [0.2, 0.25) is 0 Å². The molecule has 1 atom stereocenters. The number of rotatable bonds is 7. The van der Waals surface area contributed by atoms with Crippen molar-refractivity contribution in [2.24, 2.45) is 11.7 Å². The van der Waals surface area contributed by atoms with Crippen LogP contribution >= 0.6 is 0 Å². The van der Waals surface area contributed by atoms with Crippen molar-refractivity contribution in [1.82, 2.24) is 5.32 Å². The van der Waals surface area contributed by atoms with E-state index in [-0.39, 0.29) is 17.7 Å². The maximum Gasteiger partial charge on any atom is 0.241 e. The van der Waals surface area contributed by atoms with Crippen LogP contribution in [0.3, 0.4) is 0 Å². The number of ether oxygens (including phenoxy) is 1. The van der Waals surface area contributed by atoms with Crippen LogP contribution in [0.1, 0.15) is 20.3 Å². The van der Waals surface area contributed by atoms with Gasteiger partial charge in [-0.15, -0.1) is 0 Å². The van der Waals surface area contributed by atoms with Gasteiger partial charge in [0, 0.05) is 12.7 Å². The lowest BCUT2D eigenvalue weighted by Gasteiger charge is -2.15. The highest BCUT2D eigenvalue weighted by Gasteiger charge is 2.16. The fourth-order valence-corrected chi connectivity index (χ4v) is 1.55. The van der Waals surface area contributed by atoms with Gasteiger partial charge < -0.3 is 21.1 Å². The van der Waals surface area contributed by atoms with Gasteiger partial charge in [0.15, 0.2) is 0 Å². The molecule has 0 aliphatic carbocycles. The summed E-state index contributed by atoms with van der Waals surface area (Å²) in [6, 6.07) is 6.41. The van der Waals surface area contributed by atoms with Crippen molar-refractivity contribution in [2.75, 3.05) is 19.0 Å². The first-order valence-electron chi connectivity index (χ1n) is 6.94. The van der Waals surface area contributed by atoms with Gasteiger partial charge in [0.2, 0.25) is 11.8 Å². The molecule has 4 N–H and O–H groups in total. The average molecular weight is 293 g/mol. The Bertz CT molecular complexity index is 472. The van der Waals surface area contributed by atoms with Crippen LogP contribution in [0.5, 0.6) is 5.75 Å². The zero-order valence-electron chi connectivity index (χ0n) is 12.7. The molecule has 6 nitrogen and oxygen atoms in total. The highest BCUT2D eigenvalue weighted by atomic mass is 16.5. The Kier molecular flexibility index (Phi) is 6.68. The van der Waals surface area contributed by atoms with Gasteiger partial charge in [-0.05, 0) is 30.2 Å². The van der Waals surface area contributed by atoms with Gasteiger partial charge in [-0.25, -0.2) is 0 Å². The van der Waals surface area contributed by atoms with Crippen molar-refractivity contribution in [1.29, 1.82) is 0 Å². The van der Waals surface area contributed by atoms with Gasteiger partial charge >= 0.3 is 0 Å². The Morgan fingerprint density at radius 2 is 1.86 bits per heavy atom. The van der Waals surface area contributed by atoms with E-state index in [4.69, 9.17) is 10.5 Å². The minimum atomic E-state index is -0.534. The minimum Gasteiger partial charge on any atom is -0.493 e. The lowest BCUT2D eigenvalue weighted by molar-refractivity contribution is -0.121. The molecule has 1 rings (SSSR count). The van der Waals surface area contributed by atoms with Crippen molar-refractivity contribution in [3.8, 4) is 5.75 Å². The molecule has 0 radical (unpaired) electrons. The molecule has 0 unspecified atom stereocenters. The number of nitrogens with two attached hydrogens (primary N) is 1. The average Bonchev–Trinajstić information content (AvgIpc) is 2.47. The first kappa shape index (κ1) is 17.0. The molecule has 21 heavy (non-hydrogen) atoms. The van der Waals surface area contributed by atoms with E-state index < -0.39 is 6.04 Å². The van der Waals surface area contributed by atoms with Crippen molar-refractivity contribution in [3.05, 3.63) is 24.3 Å². The number of hydrogen-bond acceptors (Lipinski definition) is 4. The molecule has 0 spiro atoms. The Morgan fingerprint density at radius 3 is 2.38 bits per heavy atom. The first-order valence-corrected chi connectivity index (χ1v) is 6.94. The van der Waals surface area contributed by atoms with Gasteiger partial charge in [-0.1, -0.05) is 13.8 Å². The van der Waals surface area contributed by atoms with E-state index in [1.54, 1.807) is 31.3 Å². The lowest BCUT2D eigenvalue weighted by Crippen LogP contribution is -2.39. The number of anilines is 1. The van der Waals surface area contributed by atoms with Crippen molar-refractivity contribution >= 4 is 17.5 Å². The second-order valence-corrected chi connectivity index (χ2v) is 5.06. The summed E-state index contributed by atoms with van der Waals surface area (Å²) in [4.78, 5) is 22.9. The van der Waals surface area contributed by atoms with E-state index >= 15 is 0 Å². The van der Waals surface area contributed by atoms with Crippen LogP contribution in [0.25, 0.3) is 0 Å². The van der Waals surface area contributed by atoms with Gasteiger partial charge in [0.25, 0.3) is 0 Å². The van der Waals surface area contributed by atoms with Crippen LogP contribution in [0.4, 0.5) is 5.69 Å². The van der Waals surface area contributed by atoms with Crippen molar-refractivity contribution in [2.45, 2.75) is 26.3 Å².